The number of hydrogen-bond donors (Lipinski definition) is 1. The quantitative estimate of drug-likeness (QED) is 0.440. The molecule has 0 saturated heterocycles. The number of unbranched alkanes of at least 4 members (excludes halogenated alkanes) is 2. The normalized spacial score (nSPS) is 10.8. The highest BCUT2D eigenvalue weighted by atomic mass is 16.2. The Bertz CT molecular complexity index is 569. The number of allylic oxidation sites excluding steroid dienone is 2. The van der Waals surface area contributed by atoms with Gasteiger partial charge in [-0.15, -0.1) is 0 Å². The molecule has 104 valence electrons. The molecule has 0 aliphatic heterocycles. The van der Waals surface area contributed by atoms with E-state index in [1.165, 1.54) is 23.8 Å². The van der Waals surface area contributed by atoms with Crippen molar-refractivity contribution in [3.63, 3.8) is 0 Å². The first-order chi connectivity index (χ1) is 9.07. The average Bonchev–Trinajstić information content (AvgIpc) is 2.41. The van der Waals surface area contributed by atoms with Crippen LogP contribution in [0.2, 0.25) is 0 Å². The molecule has 0 bridgehead atoms. The van der Waals surface area contributed by atoms with Gasteiger partial charge in [0.2, 0.25) is 0 Å². The van der Waals surface area contributed by atoms with Gasteiger partial charge in [0, 0.05) is 26.7 Å². The zero-order chi connectivity index (χ0) is 14.3. The van der Waals surface area contributed by atoms with Gasteiger partial charge in [-0.1, -0.05) is 6.08 Å². The highest BCUT2D eigenvalue weighted by Crippen LogP contribution is 2.01. The first kappa shape index (κ1) is 14.9. The van der Waals surface area contributed by atoms with Crippen molar-refractivity contribution in [3.8, 4) is 0 Å². The van der Waals surface area contributed by atoms with E-state index < -0.39 is 0 Å². The van der Waals surface area contributed by atoms with Crippen LogP contribution in [0, 0.1) is 0 Å². The SMILES string of the molecule is Cn1c(NCCCC/C=C/C=O)cc(=O)n(C)c1=O. The summed E-state index contributed by atoms with van der Waals surface area (Å²) in [6.07, 6.45) is 6.74. The molecule has 0 radical (unpaired) electrons. The molecule has 0 amide bonds. The van der Waals surface area contributed by atoms with Gasteiger partial charge in [-0.3, -0.25) is 18.7 Å². The average molecular weight is 265 g/mol. The van der Waals surface area contributed by atoms with Gasteiger partial charge in [-0.05, 0) is 25.3 Å². The molecule has 1 N–H and O–H groups in total. The zero-order valence-corrected chi connectivity index (χ0v) is 11.3. The lowest BCUT2D eigenvalue weighted by Gasteiger charge is -2.11. The summed E-state index contributed by atoms with van der Waals surface area (Å²) in [5.41, 5.74) is -0.663. The van der Waals surface area contributed by atoms with Gasteiger partial charge < -0.3 is 5.32 Å². The third-order valence-corrected chi connectivity index (χ3v) is 2.84. The van der Waals surface area contributed by atoms with E-state index in [-0.39, 0.29) is 11.2 Å². The van der Waals surface area contributed by atoms with Crippen LogP contribution in [0.25, 0.3) is 0 Å². The second kappa shape index (κ2) is 7.35. The molecule has 0 aromatic carbocycles. The molecule has 6 nitrogen and oxygen atoms in total. The fourth-order valence-corrected chi connectivity index (χ4v) is 1.66. The van der Waals surface area contributed by atoms with Crippen molar-refractivity contribution in [3.05, 3.63) is 39.1 Å². The predicted octanol–water partition coefficient (Wildman–Crippen LogP) is 0.421. The second-order valence-electron chi connectivity index (χ2n) is 4.26. The third kappa shape index (κ3) is 4.24. The molecular weight excluding hydrogens is 246 g/mol. The number of rotatable bonds is 7. The highest BCUT2D eigenvalue weighted by Gasteiger charge is 2.04. The van der Waals surface area contributed by atoms with E-state index in [1.54, 1.807) is 7.05 Å². The van der Waals surface area contributed by atoms with E-state index in [0.717, 1.165) is 30.1 Å². The Balaban J connectivity index is 2.51. The van der Waals surface area contributed by atoms with Crippen LogP contribution < -0.4 is 16.6 Å². The maximum atomic E-state index is 11.7. The molecule has 0 aliphatic rings. The number of anilines is 1. The van der Waals surface area contributed by atoms with E-state index >= 15 is 0 Å². The van der Waals surface area contributed by atoms with Crippen LogP contribution >= 0.6 is 0 Å². The number of nitrogens with zero attached hydrogens (tertiary/aromatic N) is 2. The minimum Gasteiger partial charge on any atom is -0.371 e. The molecule has 0 saturated carbocycles. The number of carbonyl (C=O) groups excluding carboxylic acids is 1. The lowest BCUT2D eigenvalue weighted by Crippen LogP contribution is -2.37. The molecule has 0 aliphatic carbocycles. The summed E-state index contributed by atoms with van der Waals surface area (Å²) in [4.78, 5) is 33.2. The summed E-state index contributed by atoms with van der Waals surface area (Å²) in [7, 11) is 3.07. The fourth-order valence-electron chi connectivity index (χ4n) is 1.66. The van der Waals surface area contributed by atoms with Crippen LogP contribution in [0.15, 0.2) is 27.8 Å². The number of hydrogen-bond acceptors (Lipinski definition) is 4. The summed E-state index contributed by atoms with van der Waals surface area (Å²) >= 11 is 0. The molecule has 6 heteroatoms. The maximum absolute atomic E-state index is 11.7. The van der Waals surface area contributed by atoms with Crippen molar-refractivity contribution in [2.75, 3.05) is 11.9 Å². The molecule has 1 aromatic heterocycles. The monoisotopic (exact) mass is 265 g/mol. The lowest BCUT2D eigenvalue weighted by atomic mass is 10.2. The molecule has 0 unspecified atom stereocenters. The molecule has 0 atom stereocenters. The number of aromatic nitrogens is 2. The van der Waals surface area contributed by atoms with Gasteiger partial charge >= 0.3 is 5.69 Å². The van der Waals surface area contributed by atoms with Crippen LogP contribution in [-0.2, 0) is 18.9 Å². The molecular formula is C13H19N3O3. The standard InChI is InChI=1S/C13H19N3O3/c1-15-11(10-12(18)16(2)13(15)19)14-8-6-4-3-5-7-9-17/h5,7,9-10,14H,3-4,6,8H2,1-2H3/b7-5+. The lowest BCUT2D eigenvalue weighted by molar-refractivity contribution is -0.104. The Morgan fingerprint density at radius 2 is 1.95 bits per heavy atom. The topological polar surface area (TPSA) is 73.1 Å². The van der Waals surface area contributed by atoms with Crippen molar-refractivity contribution >= 4 is 12.1 Å². The first-order valence-corrected chi connectivity index (χ1v) is 6.19. The van der Waals surface area contributed by atoms with E-state index in [2.05, 4.69) is 5.32 Å². The Kier molecular flexibility index (Phi) is 5.78. The van der Waals surface area contributed by atoms with Crippen molar-refractivity contribution in [2.45, 2.75) is 19.3 Å². The summed E-state index contributed by atoms with van der Waals surface area (Å²) in [5, 5.41) is 3.07. The van der Waals surface area contributed by atoms with Crippen molar-refractivity contribution in [2.24, 2.45) is 14.1 Å². The van der Waals surface area contributed by atoms with Crippen LogP contribution in [0.5, 0.6) is 0 Å². The predicted molar refractivity (Wildman–Crippen MR) is 74.5 cm³/mol. The van der Waals surface area contributed by atoms with Crippen molar-refractivity contribution in [1.29, 1.82) is 0 Å². The van der Waals surface area contributed by atoms with E-state index in [0.29, 0.717) is 12.4 Å². The van der Waals surface area contributed by atoms with Gasteiger partial charge in [-0.2, -0.15) is 0 Å². The molecule has 0 fully saturated rings. The van der Waals surface area contributed by atoms with E-state index in [9.17, 15) is 14.4 Å². The number of aldehydes is 1. The van der Waals surface area contributed by atoms with E-state index in [1.807, 2.05) is 6.08 Å². The fraction of sp³-hybridized carbons (Fsp3) is 0.462. The van der Waals surface area contributed by atoms with Gasteiger partial charge in [0.25, 0.3) is 5.56 Å². The molecule has 1 rings (SSSR count). The van der Waals surface area contributed by atoms with Gasteiger partial charge in [0.1, 0.15) is 12.1 Å². The van der Waals surface area contributed by atoms with Crippen LogP contribution in [-0.4, -0.2) is 22.0 Å². The summed E-state index contributed by atoms with van der Waals surface area (Å²) < 4.78 is 2.48. The highest BCUT2D eigenvalue weighted by molar-refractivity contribution is 5.64. The smallest absolute Gasteiger partial charge is 0.332 e. The number of carbonyl (C=O) groups is 1. The number of nitrogens with one attached hydrogen (secondary N) is 1. The Hall–Kier alpha value is -2.11. The van der Waals surface area contributed by atoms with Gasteiger partial charge in [0.15, 0.2) is 0 Å². The van der Waals surface area contributed by atoms with Gasteiger partial charge in [-0.25, -0.2) is 4.79 Å². The summed E-state index contributed by atoms with van der Waals surface area (Å²) in [6, 6.07) is 1.41. The van der Waals surface area contributed by atoms with Crippen LogP contribution in [0.1, 0.15) is 19.3 Å². The Morgan fingerprint density at radius 1 is 1.21 bits per heavy atom. The van der Waals surface area contributed by atoms with E-state index in [4.69, 9.17) is 0 Å². The zero-order valence-electron chi connectivity index (χ0n) is 11.3. The molecule has 19 heavy (non-hydrogen) atoms. The Labute approximate surface area is 111 Å². The minimum atomic E-state index is -0.344. The van der Waals surface area contributed by atoms with Crippen molar-refractivity contribution in [1.82, 2.24) is 9.13 Å². The van der Waals surface area contributed by atoms with Gasteiger partial charge in [0.05, 0.1) is 0 Å². The van der Waals surface area contributed by atoms with Crippen LogP contribution in [0.3, 0.4) is 0 Å². The molecule has 1 heterocycles. The summed E-state index contributed by atoms with van der Waals surface area (Å²) in [5.74, 6) is 0.525. The van der Waals surface area contributed by atoms with Crippen LogP contribution in [0.4, 0.5) is 5.82 Å². The third-order valence-electron chi connectivity index (χ3n) is 2.84. The minimum absolute atomic E-state index is 0.320. The largest absolute Gasteiger partial charge is 0.371 e. The maximum Gasteiger partial charge on any atom is 0.332 e. The van der Waals surface area contributed by atoms with Crippen molar-refractivity contribution < 1.29 is 4.79 Å². The summed E-state index contributed by atoms with van der Waals surface area (Å²) in [6.45, 7) is 0.676. The Morgan fingerprint density at radius 3 is 2.63 bits per heavy atom. The molecule has 1 aromatic rings. The first-order valence-electron chi connectivity index (χ1n) is 6.19. The second-order valence-corrected chi connectivity index (χ2v) is 4.26. The molecule has 0 spiro atoms.